The summed E-state index contributed by atoms with van der Waals surface area (Å²) in [5.74, 6) is -0.938. The van der Waals surface area contributed by atoms with Gasteiger partial charge in [-0.2, -0.15) is 5.26 Å². The maximum absolute atomic E-state index is 13.3. The van der Waals surface area contributed by atoms with E-state index >= 15 is 0 Å². The molecule has 0 heterocycles. The molecule has 13 heavy (non-hydrogen) atoms. The van der Waals surface area contributed by atoms with E-state index < -0.39 is 5.82 Å². The number of rotatable bonds is 1. The Kier molecular flexibility index (Phi) is 2.98. The summed E-state index contributed by atoms with van der Waals surface area (Å²) in [4.78, 5) is 10.9. The highest BCUT2D eigenvalue weighted by atomic mass is 127. The third-order valence-corrected chi connectivity index (χ3v) is 2.64. The summed E-state index contributed by atoms with van der Waals surface area (Å²) < 4.78 is 13.5. The van der Waals surface area contributed by atoms with Crippen molar-refractivity contribution in [2.45, 2.75) is 6.92 Å². The van der Waals surface area contributed by atoms with Crippen LogP contribution in [-0.2, 0) is 0 Å². The number of nitrogens with zero attached hydrogens (tertiary/aromatic N) is 1. The second-order valence-corrected chi connectivity index (χ2v) is 3.54. The Morgan fingerprint density at radius 1 is 1.62 bits per heavy atom. The molecule has 0 atom stereocenters. The van der Waals surface area contributed by atoms with E-state index in [0.29, 0.717) is 0 Å². The Hall–Kier alpha value is -0.960. The largest absolute Gasteiger partial charge is 0.294 e. The van der Waals surface area contributed by atoms with Crippen LogP contribution in [0.2, 0.25) is 0 Å². The SMILES string of the molecule is CC(=O)c1ccc(C#N)c(I)c1F. The van der Waals surface area contributed by atoms with Crippen molar-refractivity contribution in [1.29, 1.82) is 5.26 Å². The molecule has 0 spiro atoms. The van der Waals surface area contributed by atoms with E-state index in [1.165, 1.54) is 19.1 Å². The quantitative estimate of drug-likeness (QED) is 0.588. The molecular weight excluding hydrogens is 284 g/mol. The molecule has 1 aromatic rings. The standard InChI is InChI=1S/C9H5FINO/c1-5(13)7-3-2-6(4-12)9(11)8(7)10/h2-3H,1H3. The summed E-state index contributed by atoms with van der Waals surface area (Å²) in [7, 11) is 0. The molecule has 2 nitrogen and oxygen atoms in total. The van der Waals surface area contributed by atoms with Crippen LogP contribution in [0.4, 0.5) is 4.39 Å². The van der Waals surface area contributed by atoms with Crippen LogP contribution >= 0.6 is 22.6 Å². The number of hydrogen-bond acceptors (Lipinski definition) is 2. The summed E-state index contributed by atoms with van der Waals surface area (Å²) >= 11 is 1.71. The minimum absolute atomic E-state index is 0.0309. The lowest BCUT2D eigenvalue weighted by Crippen LogP contribution is -2.00. The molecule has 1 aromatic carbocycles. The molecule has 0 saturated heterocycles. The molecule has 0 aliphatic heterocycles. The fourth-order valence-electron chi connectivity index (χ4n) is 0.908. The molecule has 0 saturated carbocycles. The molecule has 1 rings (SSSR count). The van der Waals surface area contributed by atoms with Gasteiger partial charge in [-0.25, -0.2) is 4.39 Å². The fraction of sp³-hybridized carbons (Fsp3) is 0.111. The molecule has 0 aliphatic carbocycles. The van der Waals surface area contributed by atoms with Crippen molar-refractivity contribution < 1.29 is 9.18 Å². The molecule has 4 heteroatoms. The van der Waals surface area contributed by atoms with Crippen LogP contribution in [-0.4, -0.2) is 5.78 Å². The van der Waals surface area contributed by atoms with Crippen LogP contribution in [0.1, 0.15) is 22.8 Å². The van der Waals surface area contributed by atoms with Crippen molar-refractivity contribution in [2.75, 3.05) is 0 Å². The van der Waals surface area contributed by atoms with Gasteiger partial charge in [0.2, 0.25) is 0 Å². The van der Waals surface area contributed by atoms with E-state index in [1.54, 1.807) is 22.6 Å². The minimum atomic E-state index is -0.604. The monoisotopic (exact) mass is 289 g/mol. The van der Waals surface area contributed by atoms with Crippen LogP contribution in [0.25, 0.3) is 0 Å². The molecule has 0 N–H and O–H groups in total. The third kappa shape index (κ3) is 1.86. The second kappa shape index (κ2) is 3.83. The summed E-state index contributed by atoms with van der Waals surface area (Å²) in [5, 5.41) is 8.57. The van der Waals surface area contributed by atoms with Crippen LogP contribution in [0, 0.1) is 20.7 Å². The number of Topliss-reactive ketones (excluding diaryl/α,β-unsaturated/α-hetero) is 1. The summed E-state index contributed by atoms with van der Waals surface area (Å²) in [6.07, 6.45) is 0. The van der Waals surface area contributed by atoms with Crippen molar-refractivity contribution >= 4 is 28.4 Å². The summed E-state index contributed by atoms with van der Waals surface area (Å²) in [5.41, 5.74) is 0.284. The van der Waals surface area contributed by atoms with Gasteiger partial charge >= 0.3 is 0 Å². The highest BCUT2D eigenvalue weighted by molar-refractivity contribution is 14.1. The zero-order valence-corrected chi connectivity index (χ0v) is 8.92. The van der Waals surface area contributed by atoms with Gasteiger partial charge in [0.15, 0.2) is 5.78 Å². The second-order valence-electron chi connectivity index (χ2n) is 2.46. The molecule has 0 aromatic heterocycles. The zero-order chi connectivity index (χ0) is 10.0. The van der Waals surface area contributed by atoms with Crippen LogP contribution < -0.4 is 0 Å². The Bertz CT molecular complexity index is 409. The number of ketones is 1. The lowest BCUT2D eigenvalue weighted by atomic mass is 10.1. The van der Waals surface area contributed by atoms with Crippen molar-refractivity contribution in [1.82, 2.24) is 0 Å². The molecular formula is C9H5FINO. The molecule has 0 radical (unpaired) electrons. The van der Waals surface area contributed by atoms with Gasteiger partial charge in [0.25, 0.3) is 0 Å². The zero-order valence-electron chi connectivity index (χ0n) is 6.77. The van der Waals surface area contributed by atoms with Crippen molar-refractivity contribution in [2.24, 2.45) is 0 Å². The first-order valence-corrected chi connectivity index (χ1v) is 4.55. The van der Waals surface area contributed by atoms with Crippen LogP contribution in [0.3, 0.4) is 0 Å². The fourth-order valence-corrected chi connectivity index (χ4v) is 1.50. The summed E-state index contributed by atoms with van der Waals surface area (Å²) in [6.45, 7) is 1.29. The van der Waals surface area contributed by atoms with Crippen LogP contribution in [0.15, 0.2) is 12.1 Å². The first-order chi connectivity index (χ1) is 6.07. The van der Waals surface area contributed by atoms with Gasteiger partial charge < -0.3 is 0 Å². The Morgan fingerprint density at radius 2 is 2.23 bits per heavy atom. The molecule has 0 unspecified atom stereocenters. The predicted molar refractivity (Wildman–Crippen MR) is 53.8 cm³/mol. The van der Waals surface area contributed by atoms with Crippen molar-refractivity contribution in [3.8, 4) is 6.07 Å². The molecule has 0 bridgehead atoms. The Balaban J connectivity index is 3.42. The Morgan fingerprint density at radius 3 is 2.69 bits per heavy atom. The topological polar surface area (TPSA) is 40.9 Å². The average Bonchev–Trinajstić information content (AvgIpc) is 2.09. The lowest BCUT2D eigenvalue weighted by Gasteiger charge is -2.01. The van der Waals surface area contributed by atoms with Crippen molar-refractivity contribution in [3.05, 3.63) is 32.6 Å². The third-order valence-electron chi connectivity index (χ3n) is 1.58. The smallest absolute Gasteiger partial charge is 0.162 e. The van der Waals surface area contributed by atoms with Gasteiger partial charge in [-0.15, -0.1) is 0 Å². The maximum atomic E-state index is 13.3. The van der Waals surface area contributed by atoms with E-state index in [2.05, 4.69) is 0 Å². The van der Waals surface area contributed by atoms with E-state index in [1.807, 2.05) is 6.07 Å². The normalized spacial score (nSPS) is 9.38. The molecule has 0 fully saturated rings. The van der Waals surface area contributed by atoms with Crippen LogP contribution in [0.5, 0.6) is 0 Å². The average molecular weight is 289 g/mol. The number of hydrogen-bond donors (Lipinski definition) is 0. The van der Waals surface area contributed by atoms with Gasteiger partial charge in [-0.1, -0.05) is 0 Å². The number of carbonyl (C=O) groups excluding carboxylic acids is 1. The predicted octanol–water partition coefficient (Wildman–Crippen LogP) is 2.50. The highest BCUT2D eigenvalue weighted by Crippen LogP contribution is 2.19. The van der Waals surface area contributed by atoms with E-state index in [9.17, 15) is 9.18 Å². The minimum Gasteiger partial charge on any atom is -0.294 e. The Labute approximate surface area is 88.5 Å². The molecule has 0 amide bonds. The van der Waals surface area contributed by atoms with E-state index in [0.717, 1.165) is 0 Å². The highest BCUT2D eigenvalue weighted by Gasteiger charge is 2.13. The van der Waals surface area contributed by atoms with Crippen molar-refractivity contribution in [3.63, 3.8) is 0 Å². The first-order valence-electron chi connectivity index (χ1n) is 3.47. The first kappa shape index (κ1) is 10.1. The van der Waals surface area contributed by atoms with Gasteiger partial charge in [0.05, 0.1) is 14.7 Å². The van der Waals surface area contributed by atoms with E-state index in [4.69, 9.17) is 5.26 Å². The number of nitriles is 1. The van der Waals surface area contributed by atoms with E-state index in [-0.39, 0.29) is 20.5 Å². The lowest BCUT2D eigenvalue weighted by molar-refractivity contribution is 0.101. The molecule has 66 valence electrons. The van der Waals surface area contributed by atoms with Gasteiger partial charge in [-0.3, -0.25) is 4.79 Å². The maximum Gasteiger partial charge on any atom is 0.162 e. The number of benzene rings is 1. The number of carbonyl (C=O) groups is 1. The van der Waals surface area contributed by atoms with Gasteiger partial charge in [0.1, 0.15) is 11.9 Å². The summed E-state index contributed by atoms with van der Waals surface area (Å²) in [6, 6.07) is 4.62. The van der Waals surface area contributed by atoms with Gasteiger partial charge in [-0.05, 0) is 41.6 Å². The molecule has 0 aliphatic rings. The number of halogens is 2. The van der Waals surface area contributed by atoms with Gasteiger partial charge in [0, 0.05) is 0 Å².